The largest absolute Gasteiger partial charge is 0.497 e. The van der Waals surface area contributed by atoms with Gasteiger partial charge >= 0.3 is 9.24 Å². The molecule has 0 bridgehead atoms. The molecule has 1 saturated heterocycles. The van der Waals surface area contributed by atoms with Crippen molar-refractivity contribution in [1.29, 1.82) is 0 Å². The van der Waals surface area contributed by atoms with E-state index in [9.17, 15) is 13.2 Å². The van der Waals surface area contributed by atoms with Gasteiger partial charge in [-0.2, -0.15) is 8.42 Å². The molecule has 3 rings (SSSR count). The van der Waals surface area contributed by atoms with Gasteiger partial charge in [0.15, 0.2) is 0 Å². The van der Waals surface area contributed by atoms with Gasteiger partial charge in [-0.15, -0.1) is 0 Å². The van der Waals surface area contributed by atoms with Gasteiger partial charge < -0.3 is 4.74 Å². The van der Waals surface area contributed by atoms with Crippen LogP contribution in [-0.2, 0) is 26.9 Å². The van der Waals surface area contributed by atoms with Crippen LogP contribution in [0.1, 0.15) is 24.0 Å². The molecule has 1 amide bonds. The molecule has 1 aliphatic carbocycles. The molecule has 5 nitrogen and oxygen atoms in total. The van der Waals surface area contributed by atoms with Crippen molar-refractivity contribution in [2.24, 2.45) is 0 Å². The van der Waals surface area contributed by atoms with Crippen molar-refractivity contribution >= 4 is 25.8 Å². The molecular weight excluding hydrogens is 302 g/mol. The Bertz CT molecular complexity index is 688. The number of nitrogens with zero attached hydrogens (tertiary/aromatic N) is 1. The van der Waals surface area contributed by atoms with Gasteiger partial charge in [0.2, 0.25) is 5.91 Å². The molecule has 0 aromatic heterocycles. The maximum absolute atomic E-state index is 11.6. The van der Waals surface area contributed by atoms with Crippen molar-refractivity contribution in [1.82, 2.24) is 4.31 Å². The van der Waals surface area contributed by atoms with Gasteiger partial charge in [-0.3, -0.25) is 4.79 Å². The number of ether oxygens (including phenoxy) is 1. The predicted octanol–water partition coefficient (Wildman–Crippen LogP) is 1.64. The van der Waals surface area contributed by atoms with E-state index in [2.05, 4.69) is 0 Å². The zero-order valence-corrected chi connectivity index (χ0v) is 12.5. The highest BCUT2D eigenvalue weighted by Gasteiger charge is 2.57. The van der Waals surface area contributed by atoms with E-state index >= 15 is 0 Å². The summed E-state index contributed by atoms with van der Waals surface area (Å²) >= 11 is 0. The standard InChI is InChI=1S/C13H14ClNO4S/c1-19-11-3-2-9-4-5-13(7-10(9)6-11)8-12(16)15(13)20(14,17)18/h2-3,6H,4-5,7-8H2,1H3. The van der Waals surface area contributed by atoms with Gasteiger partial charge in [-0.1, -0.05) is 6.07 Å². The lowest BCUT2D eigenvalue weighted by Gasteiger charge is -2.51. The Labute approximate surface area is 122 Å². The first kappa shape index (κ1) is 13.7. The number of fused-ring (bicyclic) bond motifs is 1. The molecule has 1 atom stereocenters. The molecule has 0 radical (unpaired) electrons. The van der Waals surface area contributed by atoms with Gasteiger partial charge in [-0.25, -0.2) is 4.31 Å². The van der Waals surface area contributed by atoms with E-state index < -0.39 is 20.7 Å². The minimum atomic E-state index is -4.02. The number of amides is 1. The lowest BCUT2D eigenvalue weighted by atomic mass is 9.72. The minimum absolute atomic E-state index is 0.232. The summed E-state index contributed by atoms with van der Waals surface area (Å²) in [4.78, 5) is 11.6. The first-order valence-electron chi connectivity index (χ1n) is 6.29. The lowest BCUT2D eigenvalue weighted by Crippen LogP contribution is -2.66. The quantitative estimate of drug-likeness (QED) is 0.615. The van der Waals surface area contributed by atoms with E-state index in [4.69, 9.17) is 15.4 Å². The third kappa shape index (κ3) is 1.98. The number of rotatable bonds is 2. The number of aryl methyl sites for hydroxylation is 1. The molecule has 108 valence electrons. The molecule has 1 aliphatic heterocycles. The summed E-state index contributed by atoms with van der Waals surface area (Å²) in [6, 6.07) is 5.78. The van der Waals surface area contributed by atoms with Crippen LogP contribution >= 0.6 is 10.7 Å². The maximum atomic E-state index is 11.6. The second-order valence-electron chi connectivity index (χ2n) is 5.31. The van der Waals surface area contributed by atoms with Crippen LogP contribution in [0.2, 0.25) is 0 Å². The SMILES string of the molecule is COc1ccc2c(c1)CC1(CC2)CC(=O)N1S(=O)(=O)Cl. The summed E-state index contributed by atoms with van der Waals surface area (Å²) in [6.07, 6.45) is 2.08. The summed E-state index contributed by atoms with van der Waals surface area (Å²) < 4.78 is 29.2. The highest BCUT2D eigenvalue weighted by atomic mass is 35.7. The van der Waals surface area contributed by atoms with Crippen molar-refractivity contribution in [2.75, 3.05) is 7.11 Å². The predicted molar refractivity (Wildman–Crippen MR) is 74.0 cm³/mol. The van der Waals surface area contributed by atoms with Crippen LogP contribution in [0.25, 0.3) is 0 Å². The molecule has 0 N–H and O–H groups in total. The molecular formula is C13H14ClNO4S. The van der Waals surface area contributed by atoms with E-state index in [0.29, 0.717) is 12.8 Å². The number of β-lactam (4-membered cyclic amide) rings is 1. The first-order chi connectivity index (χ1) is 9.36. The van der Waals surface area contributed by atoms with Crippen LogP contribution in [0.4, 0.5) is 0 Å². The summed E-state index contributed by atoms with van der Waals surface area (Å²) in [6.45, 7) is 0. The fourth-order valence-corrected chi connectivity index (χ4v) is 4.88. The Morgan fingerprint density at radius 3 is 2.65 bits per heavy atom. The van der Waals surface area contributed by atoms with E-state index in [1.807, 2.05) is 18.2 Å². The van der Waals surface area contributed by atoms with E-state index in [-0.39, 0.29) is 6.42 Å². The summed E-state index contributed by atoms with van der Waals surface area (Å²) in [5, 5.41) is 0. The second kappa shape index (κ2) is 4.36. The number of methoxy groups -OCH3 is 1. The monoisotopic (exact) mass is 315 g/mol. The van der Waals surface area contributed by atoms with Crippen molar-refractivity contribution in [3.63, 3.8) is 0 Å². The van der Waals surface area contributed by atoms with E-state index in [1.165, 1.54) is 5.56 Å². The highest BCUT2D eigenvalue weighted by Crippen LogP contribution is 2.45. The van der Waals surface area contributed by atoms with Crippen molar-refractivity contribution in [3.8, 4) is 5.75 Å². The minimum Gasteiger partial charge on any atom is -0.497 e. The van der Waals surface area contributed by atoms with E-state index in [0.717, 1.165) is 22.0 Å². The zero-order chi connectivity index (χ0) is 14.5. The van der Waals surface area contributed by atoms with Crippen LogP contribution in [0, 0.1) is 0 Å². The van der Waals surface area contributed by atoms with Gasteiger partial charge in [0.05, 0.1) is 19.1 Å². The average molecular weight is 316 g/mol. The Morgan fingerprint density at radius 1 is 1.30 bits per heavy atom. The summed E-state index contributed by atoms with van der Waals surface area (Å²) in [5.41, 5.74) is 1.51. The summed E-state index contributed by atoms with van der Waals surface area (Å²) in [5.74, 6) is 0.304. The van der Waals surface area contributed by atoms with Crippen LogP contribution in [0.15, 0.2) is 18.2 Å². The Morgan fingerprint density at radius 2 is 2.05 bits per heavy atom. The molecule has 7 heteroatoms. The fraction of sp³-hybridized carbons (Fsp3) is 0.462. The molecule has 0 saturated carbocycles. The number of benzene rings is 1. The second-order valence-corrected chi connectivity index (χ2v) is 7.67. The number of carbonyl (C=O) groups is 1. The number of hydrogen-bond acceptors (Lipinski definition) is 4. The Balaban J connectivity index is 1.97. The lowest BCUT2D eigenvalue weighted by molar-refractivity contribution is -0.145. The molecule has 1 fully saturated rings. The van der Waals surface area contributed by atoms with Gasteiger partial charge in [-0.05, 0) is 42.5 Å². The van der Waals surface area contributed by atoms with Crippen molar-refractivity contribution in [2.45, 2.75) is 31.2 Å². The Kier molecular flexibility index (Phi) is 2.99. The van der Waals surface area contributed by atoms with Crippen molar-refractivity contribution < 1.29 is 17.9 Å². The number of hydrogen-bond donors (Lipinski definition) is 0. The third-order valence-corrected chi connectivity index (χ3v) is 5.59. The number of carbonyl (C=O) groups excluding carboxylic acids is 1. The van der Waals surface area contributed by atoms with Crippen LogP contribution < -0.4 is 4.74 Å². The van der Waals surface area contributed by atoms with Crippen LogP contribution in [0.5, 0.6) is 5.75 Å². The fourth-order valence-electron chi connectivity index (χ4n) is 3.22. The van der Waals surface area contributed by atoms with Gasteiger partial charge in [0.1, 0.15) is 5.75 Å². The molecule has 2 aliphatic rings. The molecule has 1 aromatic carbocycles. The van der Waals surface area contributed by atoms with Crippen LogP contribution in [-0.4, -0.2) is 31.3 Å². The molecule has 20 heavy (non-hydrogen) atoms. The van der Waals surface area contributed by atoms with E-state index in [1.54, 1.807) is 7.11 Å². The smallest absolute Gasteiger partial charge is 0.324 e. The average Bonchev–Trinajstić information content (AvgIpc) is 2.35. The highest BCUT2D eigenvalue weighted by molar-refractivity contribution is 8.12. The third-order valence-electron chi connectivity index (χ3n) is 4.15. The number of halogens is 1. The Hall–Kier alpha value is -1.27. The molecule has 1 spiro atoms. The van der Waals surface area contributed by atoms with Crippen molar-refractivity contribution in [3.05, 3.63) is 29.3 Å². The molecule has 1 aromatic rings. The zero-order valence-electron chi connectivity index (χ0n) is 10.9. The van der Waals surface area contributed by atoms with Gasteiger partial charge in [0, 0.05) is 10.7 Å². The van der Waals surface area contributed by atoms with Gasteiger partial charge in [0.25, 0.3) is 0 Å². The van der Waals surface area contributed by atoms with Crippen LogP contribution in [0.3, 0.4) is 0 Å². The summed E-state index contributed by atoms with van der Waals surface area (Å²) in [7, 11) is 2.96. The normalized spacial score (nSPS) is 25.3. The first-order valence-corrected chi connectivity index (χ1v) is 8.56. The molecule has 1 heterocycles. The maximum Gasteiger partial charge on any atom is 0.324 e. The molecule has 1 unspecified atom stereocenters. The topological polar surface area (TPSA) is 63.7 Å².